The van der Waals surface area contributed by atoms with Crippen LogP contribution in [0.4, 0.5) is 0 Å². The van der Waals surface area contributed by atoms with Crippen molar-refractivity contribution in [3.63, 3.8) is 0 Å². The van der Waals surface area contributed by atoms with Crippen molar-refractivity contribution < 1.29 is 14.6 Å². The fourth-order valence-electron chi connectivity index (χ4n) is 2.44. The second kappa shape index (κ2) is 6.46. The van der Waals surface area contributed by atoms with Gasteiger partial charge in [-0.3, -0.25) is 4.79 Å². The Kier molecular flexibility index (Phi) is 4.89. The Hall–Kier alpha value is -1.26. The minimum Gasteiger partial charge on any atom is -0.496 e. The van der Waals surface area contributed by atoms with E-state index in [1.165, 1.54) is 0 Å². The number of aliphatic hydroxyl groups excluding tert-OH is 1. The van der Waals surface area contributed by atoms with Crippen LogP contribution < -0.4 is 4.74 Å². The highest BCUT2D eigenvalue weighted by Gasteiger charge is 2.27. The summed E-state index contributed by atoms with van der Waals surface area (Å²) in [5.74, 6) is 0.841. The van der Waals surface area contributed by atoms with E-state index in [1.54, 1.807) is 30.2 Å². The molecule has 5 heteroatoms. The fraction of sp³-hybridized carbons (Fsp3) is 0.533. The lowest BCUT2D eigenvalue weighted by Crippen LogP contribution is -2.46. The lowest BCUT2D eigenvalue weighted by Gasteiger charge is -2.34. The Morgan fingerprint density at radius 2 is 2.30 bits per heavy atom. The summed E-state index contributed by atoms with van der Waals surface area (Å²) >= 11 is 6.14. The topological polar surface area (TPSA) is 49.8 Å². The van der Waals surface area contributed by atoms with Gasteiger partial charge in [-0.15, -0.1) is 0 Å². The summed E-state index contributed by atoms with van der Waals surface area (Å²) < 4.78 is 5.25. The number of methoxy groups -OCH3 is 1. The quantitative estimate of drug-likeness (QED) is 0.930. The molecule has 0 spiro atoms. The number of likely N-dealkylation sites (tertiary alicyclic amines) is 1. The monoisotopic (exact) mass is 297 g/mol. The van der Waals surface area contributed by atoms with Crippen LogP contribution >= 0.6 is 11.6 Å². The Morgan fingerprint density at radius 3 is 2.95 bits per heavy atom. The smallest absolute Gasteiger partial charge is 0.227 e. The number of β-amino-alcohol motifs (C(OH)–C–C–N with tert-alkyl or cyclic N) is 1. The fourth-order valence-corrected chi connectivity index (χ4v) is 2.67. The number of amides is 1. The van der Waals surface area contributed by atoms with E-state index < -0.39 is 6.10 Å². The average molecular weight is 298 g/mol. The van der Waals surface area contributed by atoms with Gasteiger partial charge in [0, 0.05) is 23.7 Å². The van der Waals surface area contributed by atoms with E-state index >= 15 is 0 Å². The first-order valence-electron chi connectivity index (χ1n) is 6.80. The molecule has 110 valence electrons. The molecule has 0 radical (unpaired) electrons. The number of ether oxygens (including phenoxy) is 1. The standard InChI is InChI=1S/C15H20ClNO3/c1-10-6-7-17(9-13(10)18)15(19)8-11-12(16)4-3-5-14(11)20-2/h3-5,10,13,18H,6-9H2,1-2H3/t10-,13+/m0/s1. The third-order valence-electron chi connectivity index (χ3n) is 3.90. The molecule has 1 saturated heterocycles. The first kappa shape index (κ1) is 15.1. The maximum Gasteiger partial charge on any atom is 0.227 e. The van der Waals surface area contributed by atoms with E-state index in [1.807, 2.05) is 6.92 Å². The van der Waals surface area contributed by atoms with Crippen molar-refractivity contribution in [3.8, 4) is 5.75 Å². The third-order valence-corrected chi connectivity index (χ3v) is 4.25. The highest BCUT2D eigenvalue weighted by Crippen LogP contribution is 2.27. The molecule has 0 aromatic heterocycles. The van der Waals surface area contributed by atoms with Crippen LogP contribution in [0.15, 0.2) is 18.2 Å². The summed E-state index contributed by atoms with van der Waals surface area (Å²) in [6.45, 7) is 3.08. The van der Waals surface area contributed by atoms with Gasteiger partial charge in [-0.2, -0.15) is 0 Å². The van der Waals surface area contributed by atoms with Crippen molar-refractivity contribution >= 4 is 17.5 Å². The van der Waals surface area contributed by atoms with Crippen LogP contribution in [-0.4, -0.2) is 42.2 Å². The lowest BCUT2D eigenvalue weighted by molar-refractivity contribution is -0.134. The van der Waals surface area contributed by atoms with Gasteiger partial charge in [0.25, 0.3) is 0 Å². The molecular weight excluding hydrogens is 278 g/mol. The van der Waals surface area contributed by atoms with Crippen LogP contribution in [0.25, 0.3) is 0 Å². The molecule has 1 aromatic rings. The van der Waals surface area contributed by atoms with Crippen LogP contribution in [0, 0.1) is 5.92 Å². The molecule has 0 unspecified atom stereocenters. The third kappa shape index (κ3) is 3.25. The molecule has 1 aliphatic rings. The van der Waals surface area contributed by atoms with Crippen molar-refractivity contribution in [2.45, 2.75) is 25.9 Å². The minimum absolute atomic E-state index is 0.0256. The normalized spacial score (nSPS) is 22.7. The number of hydrogen-bond donors (Lipinski definition) is 1. The number of carbonyl (C=O) groups excluding carboxylic acids is 1. The van der Waals surface area contributed by atoms with Crippen molar-refractivity contribution in [2.24, 2.45) is 5.92 Å². The van der Waals surface area contributed by atoms with Gasteiger partial charge in [-0.05, 0) is 24.5 Å². The van der Waals surface area contributed by atoms with Crippen LogP contribution in [0.1, 0.15) is 18.9 Å². The Morgan fingerprint density at radius 1 is 1.55 bits per heavy atom. The minimum atomic E-state index is -0.444. The number of hydrogen-bond acceptors (Lipinski definition) is 3. The summed E-state index contributed by atoms with van der Waals surface area (Å²) in [6, 6.07) is 5.34. The van der Waals surface area contributed by atoms with Crippen molar-refractivity contribution in [1.29, 1.82) is 0 Å². The maximum atomic E-state index is 12.3. The summed E-state index contributed by atoms with van der Waals surface area (Å²) in [6.07, 6.45) is 0.581. The maximum absolute atomic E-state index is 12.3. The van der Waals surface area contributed by atoms with Gasteiger partial charge in [0.05, 0.1) is 19.6 Å². The number of halogens is 1. The number of nitrogens with zero attached hydrogens (tertiary/aromatic N) is 1. The number of aliphatic hydroxyl groups is 1. The van der Waals surface area contributed by atoms with Crippen molar-refractivity contribution in [2.75, 3.05) is 20.2 Å². The first-order chi connectivity index (χ1) is 9.52. The molecule has 20 heavy (non-hydrogen) atoms. The first-order valence-corrected chi connectivity index (χ1v) is 7.18. The Bertz CT molecular complexity index is 492. The number of benzene rings is 1. The highest BCUT2D eigenvalue weighted by atomic mass is 35.5. The molecule has 1 heterocycles. The largest absolute Gasteiger partial charge is 0.496 e. The van der Waals surface area contributed by atoms with E-state index in [2.05, 4.69) is 0 Å². The van der Waals surface area contributed by atoms with Crippen molar-refractivity contribution in [1.82, 2.24) is 4.90 Å². The second-order valence-electron chi connectivity index (χ2n) is 5.27. The molecule has 1 aliphatic heterocycles. The van der Waals surface area contributed by atoms with Crippen LogP contribution in [0.2, 0.25) is 5.02 Å². The molecule has 0 aliphatic carbocycles. The molecule has 1 amide bonds. The molecule has 1 fully saturated rings. The number of piperidine rings is 1. The summed E-state index contributed by atoms with van der Waals surface area (Å²) in [4.78, 5) is 14.0. The molecular formula is C15H20ClNO3. The second-order valence-corrected chi connectivity index (χ2v) is 5.68. The molecule has 4 nitrogen and oxygen atoms in total. The van der Waals surface area contributed by atoms with Gasteiger partial charge < -0.3 is 14.7 Å². The molecule has 1 N–H and O–H groups in total. The molecule has 0 saturated carbocycles. The predicted molar refractivity (Wildman–Crippen MR) is 78.1 cm³/mol. The zero-order chi connectivity index (χ0) is 14.7. The number of rotatable bonds is 3. The summed E-state index contributed by atoms with van der Waals surface area (Å²) in [5.41, 5.74) is 0.703. The molecule has 1 aromatic carbocycles. The van der Waals surface area contributed by atoms with Gasteiger partial charge >= 0.3 is 0 Å². The number of carbonyl (C=O) groups is 1. The van der Waals surface area contributed by atoms with Gasteiger partial charge in [0.2, 0.25) is 5.91 Å². The van der Waals surface area contributed by atoms with E-state index in [4.69, 9.17) is 16.3 Å². The van der Waals surface area contributed by atoms with Gasteiger partial charge in [-0.1, -0.05) is 24.6 Å². The SMILES string of the molecule is COc1cccc(Cl)c1CC(=O)N1CC[C@H](C)[C@H](O)C1. The predicted octanol–water partition coefficient (Wildman–Crippen LogP) is 2.12. The van der Waals surface area contributed by atoms with Gasteiger partial charge in [0.1, 0.15) is 5.75 Å². The Labute approximate surface area is 124 Å². The van der Waals surface area contributed by atoms with Crippen molar-refractivity contribution in [3.05, 3.63) is 28.8 Å². The van der Waals surface area contributed by atoms with Crippen LogP contribution in [0.5, 0.6) is 5.75 Å². The summed E-state index contributed by atoms with van der Waals surface area (Å²) in [7, 11) is 1.56. The van der Waals surface area contributed by atoms with E-state index in [0.717, 1.165) is 6.42 Å². The lowest BCUT2D eigenvalue weighted by atomic mass is 9.95. The zero-order valence-corrected chi connectivity index (χ0v) is 12.6. The molecule has 2 rings (SSSR count). The average Bonchev–Trinajstić information content (AvgIpc) is 2.44. The zero-order valence-electron chi connectivity index (χ0n) is 11.8. The Balaban J connectivity index is 2.09. The van der Waals surface area contributed by atoms with E-state index in [-0.39, 0.29) is 18.2 Å². The van der Waals surface area contributed by atoms with E-state index in [0.29, 0.717) is 29.4 Å². The summed E-state index contributed by atoms with van der Waals surface area (Å²) in [5, 5.41) is 10.4. The highest BCUT2D eigenvalue weighted by molar-refractivity contribution is 6.31. The molecule has 2 atom stereocenters. The van der Waals surface area contributed by atoms with Gasteiger partial charge in [0.15, 0.2) is 0 Å². The van der Waals surface area contributed by atoms with E-state index in [9.17, 15) is 9.90 Å². The molecule has 0 bridgehead atoms. The van der Waals surface area contributed by atoms with Gasteiger partial charge in [-0.25, -0.2) is 0 Å². The van der Waals surface area contributed by atoms with Crippen LogP contribution in [-0.2, 0) is 11.2 Å². The van der Waals surface area contributed by atoms with Crippen LogP contribution in [0.3, 0.4) is 0 Å².